The van der Waals surface area contributed by atoms with Crippen LogP contribution >= 0.6 is 11.8 Å². The zero-order valence-electron chi connectivity index (χ0n) is 16.8. The molecule has 11 heteroatoms. The number of nitriles is 1. The zero-order valence-corrected chi connectivity index (χ0v) is 17.6. The summed E-state index contributed by atoms with van der Waals surface area (Å²) in [5.74, 6) is -5.03. The van der Waals surface area contributed by atoms with Gasteiger partial charge in [0.15, 0.2) is 5.17 Å². The lowest BCUT2D eigenvalue weighted by molar-refractivity contribution is -0.113. The molecule has 2 aliphatic heterocycles. The van der Waals surface area contributed by atoms with Gasteiger partial charge in [0.25, 0.3) is 11.8 Å². The highest BCUT2D eigenvalue weighted by molar-refractivity contribution is 8.13. The number of ether oxygens (including phenoxy) is 1. The average molecular weight is 461 g/mol. The summed E-state index contributed by atoms with van der Waals surface area (Å²) in [5.41, 5.74) is 5.04. The second kappa shape index (κ2) is 8.11. The number of thioether (sulfide) groups is 1. The second-order valence-electron chi connectivity index (χ2n) is 7.67. The number of carbonyl (C=O) groups is 1. The topological polar surface area (TPSA) is 113 Å². The fourth-order valence-corrected chi connectivity index (χ4v) is 5.02. The van der Waals surface area contributed by atoms with Crippen LogP contribution in [0.3, 0.4) is 0 Å². The van der Waals surface area contributed by atoms with Gasteiger partial charge >= 0.3 is 0 Å². The number of amides is 1. The van der Waals surface area contributed by atoms with Gasteiger partial charge in [-0.25, -0.2) is 23.1 Å². The Bertz CT molecular complexity index is 1130. The molecular formula is C21H18F3N5O2S. The monoisotopic (exact) mass is 461 g/mol. The normalized spacial score (nSPS) is 24.9. The van der Waals surface area contributed by atoms with Gasteiger partial charge in [-0.1, -0.05) is 11.8 Å². The van der Waals surface area contributed by atoms with Crippen molar-refractivity contribution in [3.63, 3.8) is 0 Å². The maximum Gasteiger partial charge on any atom is 0.274 e. The number of pyridine rings is 1. The Balaban J connectivity index is 1.69. The molecule has 3 atom stereocenters. The van der Waals surface area contributed by atoms with Crippen LogP contribution in [0.1, 0.15) is 28.5 Å². The highest BCUT2D eigenvalue weighted by atomic mass is 32.2. The molecule has 32 heavy (non-hydrogen) atoms. The average Bonchev–Trinajstić information content (AvgIpc) is 3.15. The summed E-state index contributed by atoms with van der Waals surface area (Å²) in [6.07, 6.45) is -0.195. The van der Waals surface area contributed by atoms with Crippen molar-refractivity contribution in [1.82, 2.24) is 4.98 Å². The molecule has 1 unspecified atom stereocenters. The van der Waals surface area contributed by atoms with Gasteiger partial charge in [0.05, 0.1) is 12.2 Å². The Kier molecular flexibility index (Phi) is 5.60. The summed E-state index contributed by atoms with van der Waals surface area (Å²) in [6, 6.07) is 8.57. The molecule has 7 nitrogen and oxygen atoms in total. The van der Waals surface area contributed by atoms with Crippen LogP contribution in [0.2, 0.25) is 0 Å². The first kappa shape index (κ1) is 22.1. The Labute approximate surface area is 185 Å². The number of benzene rings is 1. The third-order valence-electron chi connectivity index (χ3n) is 5.50. The smallest absolute Gasteiger partial charge is 0.274 e. The molecule has 3 heterocycles. The van der Waals surface area contributed by atoms with Gasteiger partial charge < -0.3 is 15.8 Å². The van der Waals surface area contributed by atoms with E-state index in [9.17, 15) is 18.0 Å². The number of nitrogens with zero attached hydrogens (tertiary/aromatic N) is 3. The van der Waals surface area contributed by atoms with Gasteiger partial charge in [-0.05, 0) is 30.3 Å². The molecular weight excluding hydrogens is 443 g/mol. The van der Waals surface area contributed by atoms with Gasteiger partial charge in [0.1, 0.15) is 29.2 Å². The predicted molar refractivity (Wildman–Crippen MR) is 113 cm³/mol. The first-order valence-corrected chi connectivity index (χ1v) is 10.6. The molecule has 0 radical (unpaired) electrons. The van der Waals surface area contributed by atoms with Crippen molar-refractivity contribution in [2.75, 3.05) is 17.7 Å². The fourth-order valence-electron chi connectivity index (χ4n) is 4.00. The molecule has 2 aliphatic rings. The SMILES string of the molecule is CC(F)(F)C1OC[C@]2(c3cc(NC(=O)c4ccc(C#N)cn4)ccc3F)N=C(N)SC[C@H]12. The quantitative estimate of drug-likeness (QED) is 0.723. The third-order valence-corrected chi connectivity index (χ3v) is 6.41. The Morgan fingerprint density at radius 2 is 2.19 bits per heavy atom. The predicted octanol–water partition coefficient (Wildman–Crippen LogP) is 3.27. The maximum absolute atomic E-state index is 15.0. The van der Waals surface area contributed by atoms with Crippen LogP contribution in [0.4, 0.5) is 18.9 Å². The number of nitrogens with one attached hydrogen (secondary N) is 1. The lowest BCUT2D eigenvalue weighted by atomic mass is 9.77. The molecule has 4 rings (SSSR count). The molecule has 0 aliphatic carbocycles. The largest absolute Gasteiger partial charge is 0.379 e. The molecule has 2 aromatic rings. The number of amidine groups is 1. The summed E-state index contributed by atoms with van der Waals surface area (Å²) in [6.45, 7) is 0.496. The highest BCUT2D eigenvalue weighted by Gasteiger charge is 2.59. The number of aromatic nitrogens is 1. The van der Waals surface area contributed by atoms with Crippen LogP contribution in [0.25, 0.3) is 0 Å². The van der Waals surface area contributed by atoms with E-state index in [-0.39, 0.29) is 34.5 Å². The van der Waals surface area contributed by atoms with Gasteiger partial charge in [-0.2, -0.15) is 5.26 Å². The van der Waals surface area contributed by atoms with Crippen molar-refractivity contribution in [2.24, 2.45) is 16.6 Å². The van der Waals surface area contributed by atoms with Gasteiger partial charge in [-0.3, -0.25) is 4.79 Å². The van der Waals surface area contributed by atoms with E-state index in [0.29, 0.717) is 5.56 Å². The van der Waals surface area contributed by atoms with Crippen LogP contribution in [-0.4, -0.2) is 40.4 Å². The van der Waals surface area contributed by atoms with E-state index in [2.05, 4.69) is 15.3 Å². The standard InChI is InChI=1S/C21H18F3N5O2S/c1-20(23,24)17-14-9-32-19(26)29-21(14,10-31-17)13-6-12(3-4-15(13)22)28-18(30)16-5-2-11(7-25)8-27-16/h2-6,8,14,17H,9-10H2,1H3,(H2,26,29)(H,28,30)/t14-,17?,21-/m1/s1. The van der Waals surface area contributed by atoms with Crippen LogP contribution in [0.15, 0.2) is 41.5 Å². The Hall–Kier alpha value is -3.10. The summed E-state index contributed by atoms with van der Waals surface area (Å²) >= 11 is 1.12. The molecule has 1 aromatic carbocycles. The Morgan fingerprint density at radius 1 is 1.41 bits per heavy atom. The molecule has 1 saturated heterocycles. The minimum atomic E-state index is -3.15. The molecule has 0 saturated carbocycles. The van der Waals surface area contributed by atoms with Crippen LogP contribution in [-0.2, 0) is 10.3 Å². The fraction of sp³-hybridized carbons (Fsp3) is 0.333. The van der Waals surface area contributed by atoms with Crippen LogP contribution in [0.5, 0.6) is 0 Å². The summed E-state index contributed by atoms with van der Waals surface area (Å²) in [7, 11) is 0. The zero-order chi connectivity index (χ0) is 23.1. The molecule has 3 N–H and O–H groups in total. The number of rotatable bonds is 4. The number of hydrogen-bond donors (Lipinski definition) is 2. The van der Waals surface area contributed by atoms with Crippen LogP contribution < -0.4 is 11.1 Å². The maximum atomic E-state index is 15.0. The van der Waals surface area contributed by atoms with Crippen molar-refractivity contribution in [1.29, 1.82) is 5.26 Å². The van der Waals surface area contributed by atoms with E-state index in [1.165, 1.54) is 30.5 Å². The Morgan fingerprint density at radius 3 is 2.84 bits per heavy atom. The molecule has 1 aromatic heterocycles. The van der Waals surface area contributed by atoms with E-state index in [0.717, 1.165) is 24.8 Å². The summed E-state index contributed by atoms with van der Waals surface area (Å²) in [5, 5.41) is 11.6. The number of aliphatic imine (C=N–C) groups is 1. The molecule has 1 amide bonds. The van der Waals surface area contributed by atoms with Crippen molar-refractivity contribution >= 4 is 28.5 Å². The van der Waals surface area contributed by atoms with E-state index < -0.39 is 35.2 Å². The molecule has 166 valence electrons. The number of nitrogens with two attached hydrogens (primary N) is 1. The van der Waals surface area contributed by atoms with Gasteiger partial charge in [-0.15, -0.1) is 0 Å². The van der Waals surface area contributed by atoms with E-state index in [4.69, 9.17) is 15.7 Å². The first-order chi connectivity index (χ1) is 15.1. The lowest BCUT2D eigenvalue weighted by Gasteiger charge is -2.37. The van der Waals surface area contributed by atoms with E-state index in [1.807, 2.05) is 6.07 Å². The minimum absolute atomic E-state index is 0.0167. The number of hydrogen-bond acceptors (Lipinski definition) is 7. The third kappa shape index (κ3) is 3.91. The first-order valence-electron chi connectivity index (χ1n) is 9.59. The van der Waals surface area contributed by atoms with Crippen molar-refractivity contribution in [2.45, 2.75) is 24.5 Å². The van der Waals surface area contributed by atoms with E-state index >= 15 is 0 Å². The number of carbonyl (C=O) groups excluding carboxylic acids is 1. The molecule has 0 spiro atoms. The minimum Gasteiger partial charge on any atom is -0.379 e. The lowest BCUT2D eigenvalue weighted by Crippen LogP contribution is -2.46. The summed E-state index contributed by atoms with van der Waals surface area (Å²) < 4.78 is 48.8. The van der Waals surface area contributed by atoms with E-state index in [1.54, 1.807) is 0 Å². The van der Waals surface area contributed by atoms with Crippen molar-refractivity contribution in [3.8, 4) is 6.07 Å². The van der Waals surface area contributed by atoms with Crippen molar-refractivity contribution in [3.05, 3.63) is 59.2 Å². The number of anilines is 1. The number of alkyl halides is 2. The number of fused-ring (bicyclic) bond motifs is 1. The second-order valence-corrected chi connectivity index (χ2v) is 8.71. The number of halogens is 3. The highest BCUT2D eigenvalue weighted by Crippen LogP contribution is 2.51. The van der Waals surface area contributed by atoms with Crippen molar-refractivity contribution < 1.29 is 22.7 Å². The van der Waals surface area contributed by atoms with Gasteiger partial charge in [0.2, 0.25) is 0 Å². The van der Waals surface area contributed by atoms with Crippen LogP contribution in [0, 0.1) is 23.1 Å². The van der Waals surface area contributed by atoms with Gasteiger partial charge in [0, 0.05) is 36.0 Å². The summed E-state index contributed by atoms with van der Waals surface area (Å²) in [4.78, 5) is 20.8. The molecule has 1 fully saturated rings. The molecule has 0 bridgehead atoms.